The number of nitrogens with zero attached hydrogens (tertiary/aromatic N) is 3. The summed E-state index contributed by atoms with van der Waals surface area (Å²) < 4.78 is 0. The molecule has 4 nitrogen and oxygen atoms in total. The molecule has 1 N–H and O–H groups in total. The van der Waals surface area contributed by atoms with Crippen LogP contribution in [0.25, 0.3) is 0 Å². The molecule has 0 bridgehead atoms. The van der Waals surface area contributed by atoms with E-state index in [9.17, 15) is 0 Å². The first-order valence-electron chi connectivity index (χ1n) is 9.78. The Kier molecular flexibility index (Phi) is 6.84. The summed E-state index contributed by atoms with van der Waals surface area (Å²) in [6.45, 7) is 5.27. The number of nitrogens with one attached hydrogen (secondary N) is 1. The molecule has 0 amide bonds. The van der Waals surface area contributed by atoms with Crippen LogP contribution in [-0.4, -0.2) is 44.1 Å². The number of benzene rings is 1. The first-order chi connectivity index (χ1) is 12.3. The average Bonchev–Trinajstić information content (AvgIpc) is 3.32. The first-order valence-corrected chi connectivity index (χ1v) is 9.78. The molecule has 2 unspecified atom stereocenters. The molecule has 2 fully saturated rings. The fraction of sp³-hybridized carbons (Fsp3) is 0.571. The minimum atomic E-state index is 0. The standard InChI is InChI=1S/C21H30N4.HI/c1-22-21(25-15-18-6-2-3-7-19(18)16-25)23-14-17-8-10-20(11-9-17)24-12-4-5-13-24;/h4-5,8-11,18-19H,2-3,6-7,12-16H2,1H3,(H,22,23);1H. The van der Waals surface area contributed by atoms with Gasteiger partial charge in [-0.25, -0.2) is 0 Å². The van der Waals surface area contributed by atoms with Crippen LogP contribution in [0.5, 0.6) is 0 Å². The van der Waals surface area contributed by atoms with E-state index in [1.165, 1.54) is 50.0 Å². The highest BCUT2D eigenvalue weighted by atomic mass is 127. The molecule has 0 aromatic heterocycles. The zero-order valence-corrected chi connectivity index (χ0v) is 18.1. The van der Waals surface area contributed by atoms with Crippen molar-refractivity contribution in [3.8, 4) is 0 Å². The Morgan fingerprint density at radius 3 is 2.23 bits per heavy atom. The smallest absolute Gasteiger partial charge is 0.193 e. The van der Waals surface area contributed by atoms with E-state index < -0.39 is 0 Å². The van der Waals surface area contributed by atoms with E-state index >= 15 is 0 Å². The summed E-state index contributed by atoms with van der Waals surface area (Å²) in [5, 5.41) is 3.58. The number of rotatable bonds is 3. The van der Waals surface area contributed by atoms with Crippen LogP contribution >= 0.6 is 24.0 Å². The molecule has 26 heavy (non-hydrogen) atoms. The predicted octanol–water partition coefficient (Wildman–Crippen LogP) is 3.88. The molecule has 0 radical (unpaired) electrons. The van der Waals surface area contributed by atoms with Gasteiger partial charge in [-0.3, -0.25) is 4.99 Å². The quantitative estimate of drug-likeness (QED) is 0.318. The van der Waals surface area contributed by atoms with Crippen molar-refractivity contribution in [1.29, 1.82) is 0 Å². The minimum Gasteiger partial charge on any atom is -0.364 e. The number of hydrogen-bond donors (Lipinski definition) is 1. The van der Waals surface area contributed by atoms with Crippen molar-refractivity contribution in [2.24, 2.45) is 16.8 Å². The summed E-state index contributed by atoms with van der Waals surface area (Å²) in [6, 6.07) is 8.93. The topological polar surface area (TPSA) is 30.9 Å². The number of likely N-dealkylation sites (tertiary alicyclic amines) is 1. The van der Waals surface area contributed by atoms with Gasteiger partial charge < -0.3 is 15.1 Å². The maximum Gasteiger partial charge on any atom is 0.193 e. The number of halogens is 1. The SMILES string of the molecule is CN=C(NCc1ccc(N2CC=CC2)cc1)N1CC2CCCCC2C1.I. The second-order valence-electron chi connectivity index (χ2n) is 7.65. The lowest BCUT2D eigenvalue weighted by Gasteiger charge is -2.22. The van der Waals surface area contributed by atoms with Crippen molar-refractivity contribution in [2.75, 3.05) is 38.1 Å². The normalized spacial score (nSPS) is 25.2. The van der Waals surface area contributed by atoms with Gasteiger partial charge >= 0.3 is 0 Å². The lowest BCUT2D eigenvalue weighted by molar-refractivity contribution is 0.299. The molecule has 0 spiro atoms. The highest BCUT2D eigenvalue weighted by Gasteiger charge is 2.35. The molecule has 1 aromatic carbocycles. The van der Waals surface area contributed by atoms with Crippen molar-refractivity contribution >= 4 is 35.6 Å². The van der Waals surface area contributed by atoms with Gasteiger partial charge in [-0.05, 0) is 42.4 Å². The van der Waals surface area contributed by atoms with Crippen LogP contribution in [0.2, 0.25) is 0 Å². The monoisotopic (exact) mass is 466 g/mol. The third-order valence-corrected chi connectivity index (χ3v) is 6.06. The summed E-state index contributed by atoms with van der Waals surface area (Å²) in [5.74, 6) is 2.85. The Morgan fingerprint density at radius 2 is 1.65 bits per heavy atom. The molecular formula is C21H31IN4. The summed E-state index contributed by atoms with van der Waals surface area (Å²) in [4.78, 5) is 9.39. The Bertz CT molecular complexity index is 618. The minimum absolute atomic E-state index is 0. The maximum atomic E-state index is 4.54. The largest absolute Gasteiger partial charge is 0.364 e. The third-order valence-electron chi connectivity index (χ3n) is 6.06. The molecule has 2 aliphatic heterocycles. The van der Waals surface area contributed by atoms with Crippen LogP contribution in [0.3, 0.4) is 0 Å². The second kappa shape index (κ2) is 9.11. The van der Waals surface area contributed by atoms with Crippen molar-refractivity contribution in [3.05, 3.63) is 42.0 Å². The van der Waals surface area contributed by atoms with E-state index in [1.54, 1.807) is 0 Å². The molecule has 2 heterocycles. The van der Waals surface area contributed by atoms with Gasteiger partial charge in [-0.15, -0.1) is 24.0 Å². The van der Waals surface area contributed by atoms with Gasteiger partial charge in [-0.1, -0.05) is 37.1 Å². The zero-order valence-electron chi connectivity index (χ0n) is 15.7. The van der Waals surface area contributed by atoms with E-state index in [0.29, 0.717) is 0 Å². The Hall–Kier alpha value is -1.24. The molecule has 142 valence electrons. The second-order valence-corrected chi connectivity index (χ2v) is 7.65. The lowest BCUT2D eigenvalue weighted by atomic mass is 9.82. The van der Waals surface area contributed by atoms with Crippen molar-refractivity contribution in [3.63, 3.8) is 0 Å². The van der Waals surface area contributed by atoms with Crippen molar-refractivity contribution in [2.45, 2.75) is 32.2 Å². The number of fused-ring (bicyclic) bond motifs is 1. The van der Waals surface area contributed by atoms with Gasteiger partial charge in [0.2, 0.25) is 0 Å². The number of hydrogen-bond acceptors (Lipinski definition) is 2. The van der Waals surface area contributed by atoms with E-state index in [2.05, 4.69) is 56.5 Å². The highest BCUT2D eigenvalue weighted by molar-refractivity contribution is 14.0. The molecule has 2 atom stereocenters. The van der Waals surface area contributed by atoms with Gasteiger partial charge in [0.1, 0.15) is 0 Å². The molecule has 4 rings (SSSR count). The molecule has 1 saturated carbocycles. The van der Waals surface area contributed by atoms with Gasteiger partial charge in [0.05, 0.1) is 0 Å². The molecular weight excluding hydrogens is 435 g/mol. The van der Waals surface area contributed by atoms with E-state index in [1.807, 2.05) is 7.05 Å². The number of guanidine groups is 1. The molecule has 3 aliphatic rings. The van der Waals surface area contributed by atoms with Crippen molar-refractivity contribution in [1.82, 2.24) is 10.2 Å². The molecule has 1 aromatic rings. The summed E-state index contributed by atoms with van der Waals surface area (Å²) in [7, 11) is 1.91. The molecule has 5 heteroatoms. The number of anilines is 1. The van der Waals surface area contributed by atoms with Crippen LogP contribution in [0, 0.1) is 11.8 Å². The summed E-state index contributed by atoms with van der Waals surface area (Å²) in [6.07, 6.45) is 10.1. The highest BCUT2D eigenvalue weighted by Crippen LogP contribution is 2.35. The van der Waals surface area contributed by atoms with Crippen LogP contribution in [-0.2, 0) is 6.54 Å². The molecule has 1 aliphatic carbocycles. The molecule has 1 saturated heterocycles. The van der Waals surface area contributed by atoms with Crippen LogP contribution < -0.4 is 10.2 Å². The Labute approximate surface area is 174 Å². The van der Waals surface area contributed by atoms with E-state index in [4.69, 9.17) is 0 Å². The Morgan fingerprint density at radius 1 is 1.04 bits per heavy atom. The zero-order chi connectivity index (χ0) is 17.1. The first kappa shape index (κ1) is 19.5. The fourth-order valence-corrected chi connectivity index (χ4v) is 4.61. The maximum absolute atomic E-state index is 4.54. The van der Waals surface area contributed by atoms with Crippen molar-refractivity contribution < 1.29 is 0 Å². The summed E-state index contributed by atoms with van der Waals surface area (Å²) in [5.41, 5.74) is 2.62. The summed E-state index contributed by atoms with van der Waals surface area (Å²) >= 11 is 0. The number of aliphatic imine (C=N–C) groups is 1. The van der Waals surface area contributed by atoms with Crippen LogP contribution in [0.4, 0.5) is 5.69 Å². The Balaban J connectivity index is 0.00000196. The van der Waals surface area contributed by atoms with Crippen LogP contribution in [0.15, 0.2) is 41.4 Å². The van der Waals surface area contributed by atoms with Crippen LogP contribution in [0.1, 0.15) is 31.2 Å². The van der Waals surface area contributed by atoms with Gasteiger partial charge in [-0.2, -0.15) is 0 Å². The van der Waals surface area contributed by atoms with Gasteiger partial charge in [0, 0.05) is 45.5 Å². The van der Waals surface area contributed by atoms with E-state index in [0.717, 1.165) is 37.4 Å². The average molecular weight is 466 g/mol. The predicted molar refractivity (Wildman–Crippen MR) is 120 cm³/mol. The lowest BCUT2D eigenvalue weighted by Crippen LogP contribution is -2.39. The fourth-order valence-electron chi connectivity index (χ4n) is 4.61. The van der Waals surface area contributed by atoms with Gasteiger partial charge in [0.25, 0.3) is 0 Å². The van der Waals surface area contributed by atoms with Gasteiger partial charge in [0.15, 0.2) is 5.96 Å². The third kappa shape index (κ3) is 4.35. The van der Waals surface area contributed by atoms with E-state index in [-0.39, 0.29) is 24.0 Å².